The van der Waals surface area contributed by atoms with Crippen molar-refractivity contribution in [1.29, 1.82) is 0 Å². The summed E-state index contributed by atoms with van der Waals surface area (Å²) in [7, 11) is 0. The molecule has 0 aromatic heterocycles. The predicted molar refractivity (Wildman–Crippen MR) is 62.3 cm³/mol. The molecule has 0 amide bonds. The van der Waals surface area contributed by atoms with Crippen LogP contribution in [0.4, 0.5) is 0 Å². The second-order valence-corrected chi connectivity index (χ2v) is 4.79. The Hall–Kier alpha value is -0.0800. The van der Waals surface area contributed by atoms with E-state index in [9.17, 15) is 0 Å². The second kappa shape index (κ2) is 5.72. The molecule has 0 spiro atoms. The predicted octanol–water partition coefficient (Wildman–Crippen LogP) is 2.23. The quantitative estimate of drug-likeness (QED) is 0.750. The lowest BCUT2D eigenvalue weighted by atomic mass is 9.84. The van der Waals surface area contributed by atoms with Crippen LogP contribution < -0.4 is 5.73 Å². The molecule has 1 aliphatic rings. The molecule has 0 bridgehead atoms. The molecule has 2 N–H and O–H groups in total. The number of nitrogens with zero attached hydrogens (tertiary/aromatic N) is 1. The zero-order valence-electron chi connectivity index (χ0n) is 10.00. The van der Waals surface area contributed by atoms with Crippen molar-refractivity contribution in [3.8, 4) is 0 Å². The van der Waals surface area contributed by atoms with Gasteiger partial charge in [0, 0.05) is 12.1 Å². The van der Waals surface area contributed by atoms with Gasteiger partial charge in [-0.1, -0.05) is 6.92 Å². The number of nitrogens with two attached hydrogens (primary N) is 1. The first-order valence-corrected chi connectivity index (χ1v) is 6.16. The Morgan fingerprint density at radius 1 is 1.43 bits per heavy atom. The number of piperidine rings is 1. The number of hydrogen-bond acceptors (Lipinski definition) is 2. The second-order valence-electron chi connectivity index (χ2n) is 4.79. The van der Waals surface area contributed by atoms with Crippen molar-refractivity contribution in [2.45, 2.75) is 58.5 Å². The smallest absolute Gasteiger partial charge is 0.0124 e. The van der Waals surface area contributed by atoms with Crippen molar-refractivity contribution in [2.24, 2.45) is 11.7 Å². The van der Waals surface area contributed by atoms with Crippen molar-refractivity contribution in [3.63, 3.8) is 0 Å². The summed E-state index contributed by atoms with van der Waals surface area (Å²) >= 11 is 0. The number of rotatable bonds is 4. The highest BCUT2D eigenvalue weighted by Gasteiger charge is 2.30. The SMILES string of the molecule is CCC1C(CCN)CCCN1C(C)C. The molecule has 2 unspecified atom stereocenters. The third-order valence-electron chi connectivity index (χ3n) is 3.58. The maximum absolute atomic E-state index is 5.68. The Morgan fingerprint density at radius 3 is 2.64 bits per heavy atom. The summed E-state index contributed by atoms with van der Waals surface area (Å²) in [5.41, 5.74) is 5.68. The van der Waals surface area contributed by atoms with Crippen LogP contribution in [0.15, 0.2) is 0 Å². The van der Waals surface area contributed by atoms with Gasteiger partial charge in [-0.15, -0.1) is 0 Å². The van der Waals surface area contributed by atoms with Crippen LogP contribution in [-0.4, -0.2) is 30.1 Å². The summed E-state index contributed by atoms with van der Waals surface area (Å²) in [6.45, 7) is 9.08. The van der Waals surface area contributed by atoms with Crippen LogP contribution in [0.5, 0.6) is 0 Å². The molecule has 1 aliphatic heterocycles. The van der Waals surface area contributed by atoms with Crippen LogP contribution in [-0.2, 0) is 0 Å². The van der Waals surface area contributed by atoms with Crippen molar-refractivity contribution in [2.75, 3.05) is 13.1 Å². The molecule has 2 atom stereocenters. The van der Waals surface area contributed by atoms with Crippen LogP contribution in [0, 0.1) is 5.92 Å². The van der Waals surface area contributed by atoms with Crippen LogP contribution in [0.25, 0.3) is 0 Å². The Bertz CT molecular complexity index is 154. The molecule has 84 valence electrons. The van der Waals surface area contributed by atoms with Crippen LogP contribution in [0.1, 0.15) is 46.5 Å². The highest BCUT2D eigenvalue weighted by molar-refractivity contribution is 4.85. The van der Waals surface area contributed by atoms with Crippen molar-refractivity contribution >= 4 is 0 Å². The lowest BCUT2D eigenvalue weighted by molar-refractivity contribution is 0.0583. The first-order chi connectivity index (χ1) is 6.70. The molecule has 1 rings (SSSR count). The van der Waals surface area contributed by atoms with Crippen molar-refractivity contribution in [3.05, 3.63) is 0 Å². The van der Waals surface area contributed by atoms with E-state index in [1.807, 2.05) is 0 Å². The minimum atomic E-state index is 0.695. The van der Waals surface area contributed by atoms with Gasteiger partial charge in [-0.2, -0.15) is 0 Å². The Kier molecular flexibility index (Phi) is 4.90. The maximum atomic E-state index is 5.68. The van der Waals surface area contributed by atoms with Gasteiger partial charge in [0.1, 0.15) is 0 Å². The maximum Gasteiger partial charge on any atom is 0.0124 e. The largest absolute Gasteiger partial charge is 0.330 e. The van der Waals surface area contributed by atoms with Crippen LogP contribution >= 0.6 is 0 Å². The topological polar surface area (TPSA) is 29.3 Å². The summed E-state index contributed by atoms with van der Waals surface area (Å²) in [6, 6.07) is 1.48. The molecule has 14 heavy (non-hydrogen) atoms. The van der Waals surface area contributed by atoms with E-state index in [4.69, 9.17) is 5.73 Å². The summed E-state index contributed by atoms with van der Waals surface area (Å²) in [6.07, 6.45) is 5.24. The summed E-state index contributed by atoms with van der Waals surface area (Å²) < 4.78 is 0. The van der Waals surface area contributed by atoms with E-state index < -0.39 is 0 Å². The van der Waals surface area contributed by atoms with Gasteiger partial charge in [0.2, 0.25) is 0 Å². The normalized spacial score (nSPS) is 29.8. The van der Waals surface area contributed by atoms with E-state index in [2.05, 4.69) is 25.7 Å². The van der Waals surface area contributed by atoms with E-state index in [0.717, 1.165) is 18.5 Å². The Morgan fingerprint density at radius 2 is 2.14 bits per heavy atom. The van der Waals surface area contributed by atoms with Crippen LogP contribution in [0.3, 0.4) is 0 Å². The molecule has 1 fully saturated rings. The highest BCUT2D eigenvalue weighted by atomic mass is 15.2. The van der Waals surface area contributed by atoms with Gasteiger partial charge in [0.15, 0.2) is 0 Å². The molecular weight excluding hydrogens is 172 g/mol. The van der Waals surface area contributed by atoms with E-state index in [1.165, 1.54) is 32.2 Å². The molecule has 2 nitrogen and oxygen atoms in total. The summed E-state index contributed by atoms with van der Waals surface area (Å²) in [4.78, 5) is 2.67. The molecule has 1 saturated heterocycles. The first-order valence-electron chi connectivity index (χ1n) is 6.16. The number of hydrogen-bond donors (Lipinski definition) is 1. The fourth-order valence-corrected chi connectivity index (χ4v) is 2.92. The molecule has 0 aliphatic carbocycles. The molecule has 0 radical (unpaired) electrons. The fourth-order valence-electron chi connectivity index (χ4n) is 2.92. The van der Waals surface area contributed by atoms with Crippen molar-refractivity contribution < 1.29 is 0 Å². The molecule has 0 saturated carbocycles. The molecule has 0 aromatic rings. The zero-order chi connectivity index (χ0) is 10.6. The van der Waals surface area contributed by atoms with Gasteiger partial charge >= 0.3 is 0 Å². The van der Waals surface area contributed by atoms with Gasteiger partial charge in [-0.3, -0.25) is 4.90 Å². The fraction of sp³-hybridized carbons (Fsp3) is 1.00. The Labute approximate surface area is 88.8 Å². The summed E-state index contributed by atoms with van der Waals surface area (Å²) in [5.74, 6) is 0.848. The van der Waals surface area contributed by atoms with Gasteiger partial charge in [0.05, 0.1) is 0 Å². The lowest BCUT2D eigenvalue weighted by Crippen LogP contribution is -2.48. The molecule has 1 heterocycles. The first kappa shape index (κ1) is 12.0. The van der Waals surface area contributed by atoms with Gasteiger partial charge in [0.25, 0.3) is 0 Å². The molecular formula is C12H26N2. The number of likely N-dealkylation sites (tertiary alicyclic amines) is 1. The van der Waals surface area contributed by atoms with Gasteiger partial charge in [-0.25, -0.2) is 0 Å². The van der Waals surface area contributed by atoms with Crippen molar-refractivity contribution in [1.82, 2.24) is 4.90 Å². The third kappa shape index (κ3) is 2.71. The zero-order valence-corrected chi connectivity index (χ0v) is 10.00. The third-order valence-corrected chi connectivity index (χ3v) is 3.58. The van der Waals surface area contributed by atoms with Crippen LogP contribution in [0.2, 0.25) is 0 Å². The van der Waals surface area contributed by atoms with E-state index in [0.29, 0.717) is 6.04 Å². The monoisotopic (exact) mass is 198 g/mol. The Balaban J connectivity index is 2.59. The minimum absolute atomic E-state index is 0.695. The average molecular weight is 198 g/mol. The highest BCUT2D eigenvalue weighted by Crippen LogP contribution is 2.29. The summed E-state index contributed by atoms with van der Waals surface area (Å²) in [5, 5.41) is 0. The molecule has 0 aromatic carbocycles. The standard InChI is InChI=1S/C12H26N2/c1-4-12-11(7-8-13)6-5-9-14(12)10(2)3/h10-12H,4-9,13H2,1-3H3. The minimum Gasteiger partial charge on any atom is -0.330 e. The lowest BCUT2D eigenvalue weighted by Gasteiger charge is -2.43. The van der Waals surface area contributed by atoms with Gasteiger partial charge in [-0.05, 0) is 58.5 Å². The van der Waals surface area contributed by atoms with E-state index in [-0.39, 0.29) is 0 Å². The van der Waals surface area contributed by atoms with E-state index in [1.54, 1.807) is 0 Å². The van der Waals surface area contributed by atoms with Gasteiger partial charge < -0.3 is 5.73 Å². The van der Waals surface area contributed by atoms with E-state index >= 15 is 0 Å². The average Bonchev–Trinajstić information content (AvgIpc) is 2.18. The molecule has 2 heteroatoms.